The number of aliphatic imine (C=N–C) groups is 1. The van der Waals surface area contributed by atoms with E-state index in [2.05, 4.69) is 10.6 Å². The summed E-state index contributed by atoms with van der Waals surface area (Å²) in [6.07, 6.45) is 0. The topological polar surface area (TPSA) is 75.2 Å². The summed E-state index contributed by atoms with van der Waals surface area (Å²) in [7, 11) is 5.25. The van der Waals surface area contributed by atoms with Gasteiger partial charge in [0.05, 0.1) is 26.2 Å². The van der Waals surface area contributed by atoms with Crippen LogP contribution >= 0.6 is 0 Å². The predicted molar refractivity (Wildman–Crippen MR) is 114 cm³/mol. The Morgan fingerprint density at radius 2 is 1.68 bits per heavy atom. The zero-order chi connectivity index (χ0) is 21.3. The molecule has 0 heterocycles. The van der Waals surface area contributed by atoms with E-state index < -0.39 is 5.41 Å². The molecule has 1 aromatic rings. The zero-order valence-corrected chi connectivity index (χ0v) is 18.6. The molecule has 0 atom stereocenters. The van der Waals surface area contributed by atoms with Gasteiger partial charge in [-0.3, -0.25) is 9.79 Å². The van der Waals surface area contributed by atoms with Crippen LogP contribution in [0.5, 0.6) is 11.5 Å². The van der Waals surface area contributed by atoms with Crippen molar-refractivity contribution in [2.45, 2.75) is 41.2 Å². The first-order chi connectivity index (χ1) is 13.2. The third-order valence-corrected chi connectivity index (χ3v) is 4.52. The standard InChI is InChI=1S/C21H36N4O3/c1-9-22-19(26)21(4,5)14-24-20(23-10-2)25(6)13-16-12-18(28-8)17(27-7)11-15(16)3/h11-12H,9-10,13-14H2,1-8H3,(H,22,26)(H,23,24). The fourth-order valence-corrected chi connectivity index (χ4v) is 2.74. The number of benzene rings is 1. The molecule has 7 nitrogen and oxygen atoms in total. The normalized spacial score (nSPS) is 11.8. The molecule has 7 heteroatoms. The minimum atomic E-state index is -0.573. The van der Waals surface area contributed by atoms with E-state index in [-0.39, 0.29) is 5.91 Å². The Morgan fingerprint density at radius 1 is 1.11 bits per heavy atom. The van der Waals surface area contributed by atoms with Crippen molar-refractivity contribution in [1.82, 2.24) is 15.5 Å². The van der Waals surface area contributed by atoms with E-state index in [9.17, 15) is 4.79 Å². The van der Waals surface area contributed by atoms with Crippen LogP contribution in [0.2, 0.25) is 0 Å². The average molecular weight is 393 g/mol. The van der Waals surface area contributed by atoms with E-state index in [1.807, 2.05) is 58.7 Å². The highest BCUT2D eigenvalue weighted by molar-refractivity contribution is 5.83. The number of carbonyl (C=O) groups is 1. The van der Waals surface area contributed by atoms with Crippen molar-refractivity contribution in [3.63, 3.8) is 0 Å². The first-order valence-corrected chi connectivity index (χ1v) is 9.69. The molecule has 1 aromatic carbocycles. The SMILES string of the molecule is CCNC(=O)C(C)(C)CN=C(NCC)N(C)Cc1cc(OC)c(OC)cc1C. The molecule has 0 bridgehead atoms. The predicted octanol–water partition coefficient (Wildman–Crippen LogP) is 2.57. The number of hydrogen-bond donors (Lipinski definition) is 2. The number of guanidine groups is 1. The second-order valence-corrected chi connectivity index (χ2v) is 7.40. The largest absolute Gasteiger partial charge is 0.493 e. The summed E-state index contributed by atoms with van der Waals surface area (Å²) >= 11 is 0. The van der Waals surface area contributed by atoms with E-state index in [0.29, 0.717) is 25.4 Å². The first kappa shape index (κ1) is 23.6. The molecule has 0 aliphatic heterocycles. The highest BCUT2D eigenvalue weighted by Gasteiger charge is 2.27. The van der Waals surface area contributed by atoms with Crippen LogP contribution in [0, 0.1) is 12.3 Å². The first-order valence-electron chi connectivity index (χ1n) is 9.69. The minimum absolute atomic E-state index is 0.00740. The lowest BCUT2D eigenvalue weighted by atomic mass is 9.92. The van der Waals surface area contributed by atoms with Crippen molar-refractivity contribution < 1.29 is 14.3 Å². The Bertz CT molecular complexity index is 686. The monoisotopic (exact) mass is 392 g/mol. The summed E-state index contributed by atoms with van der Waals surface area (Å²) in [6.45, 7) is 12.2. The van der Waals surface area contributed by atoms with Crippen molar-refractivity contribution in [3.8, 4) is 11.5 Å². The molecule has 0 aromatic heterocycles. The van der Waals surface area contributed by atoms with E-state index in [0.717, 1.165) is 29.4 Å². The van der Waals surface area contributed by atoms with Gasteiger partial charge < -0.3 is 25.0 Å². The van der Waals surface area contributed by atoms with Gasteiger partial charge in [-0.1, -0.05) is 0 Å². The molecule has 0 spiro atoms. The van der Waals surface area contributed by atoms with Gasteiger partial charge >= 0.3 is 0 Å². The molecule has 0 radical (unpaired) electrons. The van der Waals surface area contributed by atoms with Crippen LogP contribution in [0.3, 0.4) is 0 Å². The highest BCUT2D eigenvalue weighted by atomic mass is 16.5. The number of hydrogen-bond acceptors (Lipinski definition) is 4. The van der Waals surface area contributed by atoms with Crippen LogP contribution in [-0.4, -0.2) is 57.7 Å². The van der Waals surface area contributed by atoms with Crippen LogP contribution in [0.25, 0.3) is 0 Å². The summed E-state index contributed by atoms with van der Waals surface area (Å²) in [6, 6.07) is 3.97. The maximum atomic E-state index is 12.2. The Balaban J connectivity index is 3.02. The second kappa shape index (κ2) is 10.8. The number of aryl methyl sites for hydroxylation is 1. The molecule has 1 rings (SSSR count). The van der Waals surface area contributed by atoms with Gasteiger partial charge in [0.15, 0.2) is 17.5 Å². The van der Waals surface area contributed by atoms with E-state index in [1.165, 1.54) is 0 Å². The van der Waals surface area contributed by atoms with Crippen LogP contribution in [0.15, 0.2) is 17.1 Å². The van der Waals surface area contributed by atoms with Gasteiger partial charge in [-0.05, 0) is 57.9 Å². The van der Waals surface area contributed by atoms with Gasteiger partial charge in [0, 0.05) is 26.7 Å². The smallest absolute Gasteiger partial charge is 0.227 e. The Kier molecular flexibility index (Phi) is 9.09. The minimum Gasteiger partial charge on any atom is -0.493 e. The summed E-state index contributed by atoms with van der Waals surface area (Å²) in [5.41, 5.74) is 1.66. The molecule has 2 N–H and O–H groups in total. The number of rotatable bonds is 9. The Hall–Kier alpha value is -2.44. The number of methoxy groups -OCH3 is 2. The zero-order valence-electron chi connectivity index (χ0n) is 18.6. The molecule has 0 unspecified atom stereocenters. The summed E-state index contributed by atoms with van der Waals surface area (Å²) in [4.78, 5) is 19.0. The Morgan fingerprint density at radius 3 is 2.21 bits per heavy atom. The van der Waals surface area contributed by atoms with Crippen molar-refractivity contribution in [1.29, 1.82) is 0 Å². The number of ether oxygens (including phenoxy) is 2. The van der Waals surface area contributed by atoms with Crippen LogP contribution in [0.1, 0.15) is 38.8 Å². The fourth-order valence-electron chi connectivity index (χ4n) is 2.74. The molecular formula is C21H36N4O3. The molecule has 0 fully saturated rings. The van der Waals surface area contributed by atoms with Gasteiger partial charge in [0.1, 0.15) is 0 Å². The summed E-state index contributed by atoms with van der Waals surface area (Å²) < 4.78 is 10.8. The maximum Gasteiger partial charge on any atom is 0.227 e. The lowest BCUT2D eigenvalue weighted by Crippen LogP contribution is -2.42. The van der Waals surface area contributed by atoms with Crippen LogP contribution in [0.4, 0.5) is 0 Å². The second-order valence-electron chi connectivity index (χ2n) is 7.40. The summed E-state index contributed by atoms with van der Waals surface area (Å²) in [5, 5.41) is 6.18. The third kappa shape index (κ3) is 6.32. The molecule has 1 amide bonds. The molecule has 28 heavy (non-hydrogen) atoms. The highest BCUT2D eigenvalue weighted by Crippen LogP contribution is 2.30. The van der Waals surface area contributed by atoms with Crippen molar-refractivity contribution in [3.05, 3.63) is 23.3 Å². The molecule has 0 aliphatic carbocycles. The average Bonchev–Trinajstić information content (AvgIpc) is 2.66. The van der Waals surface area contributed by atoms with E-state index in [4.69, 9.17) is 14.5 Å². The Labute approximate surface area is 169 Å². The van der Waals surface area contributed by atoms with Crippen LogP contribution in [-0.2, 0) is 11.3 Å². The molecular weight excluding hydrogens is 356 g/mol. The van der Waals surface area contributed by atoms with Crippen molar-refractivity contribution in [2.24, 2.45) is 10.4 Å². The van der Waals surface area contributed by atoms with Crippen LogP contribution < -0.4 is 20.1 Å². The van der Waals surface area contributed by atoms with E-state index in [1.54, 1.807) is 14.2 Å². The molecule has 0 saturated carbocycles. The van der Waals surface area contributed by atoms with Gasteiger partial charge in [-0.25, -0.2) is 0 Å². The maximum absolute atomic E-state index is 12.2. The quantitative estimate of drug-likeness (QED) is 0.499. The third-order valence-electron chi connectivity index (χ3n) is 4.52. The van der Waals surface area contributed by atoms with E-state index >= 15 is 0 Å². The molecule has 158 valence electrons. The number of carbonyl (C=O) groups excluding carboxylic acids is 1. The number of amides is 1. The van der Waals surface area contributed by atoms with Gasteiger partial charge in [0.2, 0.25) is 5.91 Å². The fraction of sp³-hybridized carbons (Fsp3) is 0.619. The lowest BCUT2D eigenvalue weighted by molar-refractivity contribution is -0.128. The summed E-state index contributed by atoms with van der Waals surface area (Å²) in [5.74, 6) is 2.19. The number of nitrogens with one attached hydrogen (secondary N) is 2. The van der Waals surface area contributed by atoms with Gasteiger partial charge in [0.25, 0.3) is 0 Å². The van der Waals surface area contributed by atoms with Crippen molar-refractivity contribution >= 4 is 11.9 Å². The molecule has 0 aliphatic rings. The lowest BCUT2D eigenvalue weighted by Gasteiger charge is -2.26. The number of nitrogens with zero attached hydrogens (tertiary/aromatic N) is 2. The molecule has 0 saturated heterocycles. The van der Waals surface area contributed by atoms with Gasteiger partial charge in [-0.2, -0.15) is 0 Å². The van der Waals surface area contributed by atoms with Gasteiger partial charge in [-0.15, -0.1) is 0 Å². The van der Waals surface area contributed by atoms with Crippen molar-refractivity contribution in [2.75, 3.05) is 40.9 Å².